The lowest BCUT2D eigenvalue weighted by atomic mass is 9.93. The minimum Gasteiger partial charge on any atom is -0.314 e. The number of hydrogen-bond acceptors (Lipinski definition) is 2. The number of nitrogens with zero attached hydrogens (tertiary/aromatic N) is 1. The Kier molecular flexibility index (Phi) is 4.60. The van der Waals surface area contributed by atoms with E-state index in [1.54, 1.807) is 0 Å². The molecule has 1 aliphatic rings. The highest BCUT2D eigenvalue weighted by molar-refractivity contribution is 5.38. The summed E-state index contributed by atoms with van der Waals surface area (Å²) in [6.45, 7) is 10.9. The van der Waals surface area contributed by atoms with E-state index in [1.165, 1.54) is 27.8 Å². The van der Waals surface area contributed by atoms with Crippen LogP contribution in [0.5, 0.6) is 0 Å². The van der Waals surface area contributed by atoms with Gasteiger partial charge in [0.05, 0.1) is 6.04 Å². The SMILES string of the molecule is Cc1ccc(C(c2cc(C)cc(C)c2)N2CCNCC2)cc1. The van der Waals surface area contributed by atoms with Gasteiger partial charge in [0.15, 0.2) is 0 Å². The number of rotatable bonds is 3. The first-order valence-corrected chi connectivity index (χ1v) is 8.23. The molecule has 1 atom stereocenters. The molecule has 1 aliphatic heterocycles. The summed E-state index contributed by atoms with van der Waals surface area (Å²) in [5.74, 6) is 0. The van der Waals surface area contributed by atoms with E-state index in [1.807, 2.05) is 0 Å². The molecule has 1 saturated heterocycles. The fraction of sp³-hybridized carbons (Fsp3) is 0.400. The maximum absolute atomic E-state index is 3.46. The quantitative estimate of drug-likeness (QED) is 0.930. The number of hydrogen-bond donors (Lipinski definition) is 1. The molecule has 3 rings (SSSR count). The van der Waals surface area contributed by atoms with Crippen molar-refractivity contribution in [3.8, 4) is 0 Å². The van der Waals surface area contributed by atoms with E-state index in [2.05, 4.69) is 73.5 Å². The van der Waals surface area contributed by atoms with Crippen LogP contribution in [0.25, 0.3) is 0 Å². The lowest BCUT2D eigenvalue weighted by Crippen LogP contribution is -2.45. The van der Waals surface area contributed by atoms with E-state index in [9.17, 15) is 0 Å². The molecule has 0 saturated carbocycles. The minimum atomic E-state index is 0.362. The fourth-order valence-corrected chi connectivity index (χ4v) is 3.47. The van der Waals surface area contributed by atoms with Gasteiger partial charge in [0.2, 0.25) is 0 Å². The zero-order chi connectivity index (χ0) is 15.5. The van der Waals surface area contributed by atoms with Crippen LogP contribution in [0, 0.1) is 20.8 Å². The third kappa shape index (κ3) is 3.40. The van der Waals surface area contributed by atoms with Gasteiger partial charge < -0.3 is 5.32 Å². The molecule has 22 heavy (non-hydrogen) atoms. The van der Waals surface area contributed by atoms with E-state index in [0.29, 0.717) is 6.04 Å². The summed E-state index contributed by atoms with van der Waals surface area (Å²) in [5.41, 5.74) is 6.84. The van der Waals surface area contributed by atoms with Crippen molar-refractivity contribution in [1.82, 2.24) is 10.2 Å². The molecule has 1 unspecified atom stereocenters. The van der Waals surface area contributed by atoms with Crippen LogP contribution in [-0.2, 0) is 0 Å². The smallest absolute Gasteiger partial charge is 0.0602 e. The molecule has 2 heteroatoms. The number of nitrogens with one attached hydrogen (secondary N) is 1. The van der Waals surface area contributed by atoms with Gasteiger partial charge in [-0.1, -0.05) is 59.2 Å². The molecular formula is C20H26N2. The zero-order valence-corrected chi connectivity index (χ0v) is 13.9. The number of benzene rings is 2. The Balaban J connectivity index is 2.03. The summed E-state index contributed by atoms with van der Waals surface area (Å²) in [5, 5.41) is 3.46. The summed E-state index contributed by atoms with van der Waals surface area (Å²) < 4.78 is 0. The molecule has 0 aliphatic carbocycles. The van der Waals surface area contributed by atoms with Gasteiger partial charge in [-0.25, -0.2) is 0 Å². The predicted octanol–water partition coefficient (Wildman–Crippen LogP) is 3.61. The first-order chi connectivity index (χ1) is 10.6. The highest BCUT2D eigenvalue weighted by Gasteiger charge is 2.24. The Labute approximate surface area is 134 Å². The van der Waals surface area contributed by atoms with Gasteiger partial charge in [-0.2, -0.15) is 0 Å². The van der Waals surface area contributed by atoms with Gasteiger partial charge in [0.1, 0.15) is 0 Å². The second-order valence-electron chi connectivity index (χ2n) is 6.52. The molecule has 0 bridgehead atoms. The maximum Gasteiger partial charge on any atom is 0.0602 e. The summed E-state index contributed by atoms with van der Waals surface area (Å²) in [6.07, 6.45) is 0. The van der Waals surface area contributed by atoms with Crippen LogP contribution < -0.4 is 5.32 Å². The van der Waals surface area contributed by atoms with Crippen LogP contribution in [0.15, 0.2) is 42.5 Å². The Morgan fingerprint density at radius 3 is 1.95 bits per heavy atom. The van der Waals surface area contributed by atoms with E-state index >= 15 is 0 Å². The average Bonchev–Trinajstić information content (AvgIpc) is 2.50. The highest BCUT2D eigenvalue weighted by atomic mass is 15.2. The second-order valence-corrected chi connectivity index (χ2v) is 6.52. The number of piperazine rings is 1. The Morgan fingerprint density at radius 2 is 1.36 bits per heavy atom. The zero-order valence-electron chi connectivity index (χ0n) is 13.9. The van der Waals surface area contributed by atoms with Crippen molar-refractivity contribution in [2.45, 2.75) is 26.8 Å². The molecule has 1 heterocycles. The molecule has 1 N–H and O–H groups in total. The van der Waals surface area contributed by atoms with Gasteiger partial charge in [-0.15, -0.1) is 0 Å². The summed E-state index contributed by atoms with van der Waals surface area (Å²) in [7, 11) is 0. The molecule has 1 fully saturated rings. The lowest BCUT2D eigenvalue weighted by Gasteiger charge is -2.36. The van der Waals surface area contributed by atoms with Crippen LogP contribution in [0.2, 0.25) is 0 Å². The molecular weight excluding hydrogens is 268 g/mol. The van der Waals surface area contributed by atoms with Crippen molar-refractivity contribution in [2.24, 2.45) is 0 Å². The van der Waals surface area contributed by atoms with E-state index in [0.717, 1.165) is 26.2 Å². The van der Waals surface area contributed by atoms with Crippen LogP contribution >= 0.6 is 0 Å². The van der Waals surface area contributed by atoms with Crippen molar-refractivity contribution in [3.63, 3.8) is 0 Å². The van der Waals surface area contributed by atoms with Crippen molar-refractivity contribution in [1.29, 1.82) is 0 Å². The Morgan fingerprint density at radius 1 is 0.773 bits per heavy atom. The molecule has 116 valence electrons. The topological polar surface area (TPSA) is 15.3 Å². The van der Waals surface area contributed by atoms with Crippen LogP contribution in [0.4, 0.5) is 0 Å². The first-order valence-electron chi connectivity index (χ1n) is 8.23. The van der Waals surface area contributed by atoms with Gasteiger partial charge in [-0.05, 0) is 31.9 Å². The third-order valence-corrected chi connectivity index (χ3v) is 4.47. The molecule has 0 radical (unpaired) electrons. The fourth-order valence-electron chi connectivity index (χ4n) is 3.47. The van der Waals surface area contributed by atoms with Crippen LogP contribution in [0.1, 0.15) is 33.9 Å². The van der Waals surface area contributed by atoms with E-state index in [-0.39, 0.29) is 0 Å². The maximum atomic E-state index is 3.46. The predicted molar refractivity (Wildman–Crippen MR) is 93.4 cm³/mol. The monoisotopic (exact) mass is 294 g/mol. The van der Waals surface area contributed by atoms with Gasteiger partial charge >= 0.3 is 0 Å². The van der Waals surface area contributed by atoms with Gasteiger partial charge in [0.25, 0.3) is 0 Å². The molecule has 2 nitrogen and oxygen atoms in total. The normalized spacial score (nSPS) is 17.4. The molecule has 2 aromatic carbocycles. The average molecular weight is 294 g/mol. The largest absolute Gasteiger partial charge is 0.314 e. The molecule has 2 aromatic rings. The summed E-state index contributed by atoms with van der Waals surface area (Å²) >= 11 is 0. The van der Waals surface area contributed by atoms with Crippen molar-refractivity contribution < 1.29 is 0 Å². The van der Waals surface area contributed by atoms with Crippen molar-refractivity contribution >= 4 is 0 Å². The molecule has 0 amide bonds. The standard InChI is InChI=1S/C20H26N2/c1-15-4-6-18(7-5-15)20(22-10-8-21-9-11-22)19-13-16(2)12-17(3)14-19/h4-7,12-14,20-21H,8-11H2,1-3H3. The third-order valence-electron chi connectivity index (χ3n) is 4.47. The minimum absolute atomic E-state index is 0.362. The highest BCUT2D eigenvalue weighted by Crippen LogP contribution is 2.30. The van der Waals surface area contributed by atoms with E-state index < -0.39 is 0 Å². The first kappa shape index (κ1) is 15.3. The van der Waals surface area contributed by atoms with Crippen molar-refractivity contribution in [3.05, 3.63) is 70.3 Å². The summed E-state index contributed by atoms with van der Waals surface area (Å²) in [4.78, 5) is 2.61. The van der Waals surface area contributed by atoms with Crippen LogP contribution in [0.3, 0.4) is 0 Å². The lowest BCUT2D eigenvalue weighted by molar-refractivity contribution is 0.198. The molecule has 0 aromatic heterocycles. The van der Waals surface area contributed by atoms with Gasteiger partial charge in [-0.3, -0.25) is 4.90 Å². The second kappa shape index (κ2) is 6.64. The van der Waals surface area contributed by atoms with E-state index in [4.69, 9.17) is 0 Å². The summed E-state index contributed by atoms with van der Waals surface area (Å²) in [6, 6.07) is 16.4. The Bertz CT molecular complexity index is 604. The Hall–Kier alpha value is -1.64. The molecule has 0 spiro atoms. The number of aryl methyl sites for hydroxylation is 3. The van der Waals surface area contributed by atoms with Crippen LogP contribution in [-0.4, -0.2) is 31.1 Å². The van der Waals surface area contributed by atoms with Gasteiger partial charge in [0, 0.05) is 26.2 Å². The van der Waals surface area contributed by atoms with Crippen molar-refractivity contribution in [2.75, 3.05) is 26.2 Å².